The maximum absolute atomic E-state index is 13.4. The molecule has 3 heterocycles. The molecule has 0 radical (unpaired) electrons. The van der Waals surface area contributed by atoms with Crippen molar-refractivity contribution in [2.24, 2.45) is 15.9 Å². The molecule has 1 saturated heterocycles. The van der Waals surface area contributed by atoms with Crippen LogP contribution in [0.1, 0.15) is 24.1 Å². The summed E-state index contributed by atoms with van der Waals surface area (Å²) in [5.74, 6) is -0.348. The fraction of sp³-hybridized carbons (Fsp3) is 0.333. The monoisotopic (exact) mass is 398 g/mol. The van der Waals surface area contributed by atoms with Gasteiger partial charge in [-0.25, -0.2) is 18.6 Å². The number of carbonyl (C=O) groups is 1. The van der Waals surface area contributed by atoms with E-state index in [0.29, 0.717) is 36.8 Å². The Labute approximate surface area is 167 Å². The number of amides is 1. The van der Waals surface area contributed by atoms with Crippen LogP contribution in [-0.2, 0) is 0 Å². The molecule has 1 aromatic heterocycles. The number of aryl methyl sites for hydroxylation is 1. The number of likely N-dealkylation sites (tertiary alicyclic amines) is 1. The lowest BCUT2D eigenvalue weighted by Crippen LogP contribution is -2.41. The third-order valence-corrected chi connectivity index (χ3v) is 5.07. The van der Waals surface area contributed by atoms with Crippen LogP contribution in [-0.4, -0.2) is 47.2 Å². The molecular formula is C21H20F2N4O2. The van der Waals surface area contributed by atoms with Crippen LogP contribution in [0, 0.1) is 24.5 Å². The molecule has 1 fully saturated rings. The van der Waals surface area contributed by atoms with Gasteiger partial charge in [0.25, 0.3) is 0 Å². The summed E-state index contributed by atoms with van der Waals surface area (Å²) < 4.78 is 32.2. The van der Waals surface area contributed by atoms with Crippen molar-refractivity contribution in [1.29, 1.82) is 0 Å². The van der Waals surface area contributed by atoms with Gasteiger partial charge in [-0.1, -0.05) is 0 Å². The van der Waals surface area contributed by atoms with E-state index in [1.165, 1.54) is 18.3 Å². The van der Waals surface area contributed by atoms with Crippen molar-refractivity contribution in [3.05, 3.63) is 59.4 Å². The van der Waals surface area contributed by atoms with Crippen molar-refractivity contribution in [2.45, 2.75) is 19.8 Å². The first kappa shape index (κ1) is 19.2. The zero-order valence-corrected chi connectivity index (χ0v) is 15.9. The second-order valence-corrected chi connectivity index (χ2v) is 7.17. The van der Waals surface area contributed by atoms with Gasteiger partial charge < -0.3 is 9.64 Å². The topological polar surface area (TPSA) is 67.2 Å². The zero-order valence-electron chi connectivity index (χ0n) is 15.9. The SMILES string of the molecule is Cc1ccc(OC(=O)N2CCC(C3=NC(c4cc(F)cc(F)c4)=NC3)CC2)cn1. The van der Waals surface area contributed by atoms with Gasteiger partial charge in [0.1, 0.15) is 11.6 Å². The predicted molar refractivity (Wildman–Crippen MR) is 104 cm³/mol. The quantitative estimate of drug-likeness (QED) is 0.790. The molecule has 0 atom stereocenters. The molecule has 2 aliphatic heterocycles. The van der Waals surface area contributed by atoms with Gasteiger partial charge in [0.15, 0.2) is 11.6 Å². The average molecular weight is 398 g/mol. The predicted octanol–water partition coefficient (Wildman–Crippen LogP) is 3.78. The minimum Gasteiger partial charge on any atom is -0.409 e. The van der Waals surface area contributed by atoms with Crippen LogP contribution in [0.2, 0.25) is 0 Å². The molecule has 29 heavy (non-hydrogen) atoms. The number of aromatic nitrogens is 1. The minimum atomic E-state index is -0.651. The Morgan fingerprint density at radius 1 is 1.14 bits per heavy atom. The second kappa shape index (κ2) is 8.06. The van der Waals surface area contributed by atoms with E-state index in [1.807, 2.05) is 6.92 Å². The molecule has 1 aromatic carbocycles. The van der Waals surface area contributed by atoms with Crippen LogP contribution in [0.25, 0.3) is 0 Å². The highest BCUT2D eigenvalue weighted by Crippen LogP contribution is 2.23. The zero-order chi connectivity index (χ0) is 20.4. The van der Waals surface area contributed by atoms with Gasteiger partial charge in [0.05, 0.1) is 12.7 Å². The van der Waals surface area contributed by atoms with E-state index >= 15 is 0 Å². The van der Waals surface area contributed by atoms with Gasteiger partial charge in [-0.2, -0.15) is 0 Å². The second-order valence-electron chi connectivity index (χ2n) is 7.17. The fourth-order valence-electron chi connectivity index (χ4n) is 3.50. The maximum Gasteiger partial charge on any atom is 0.415 e. The number of hydrogen-bond donors (Lipinski definition) is 0. The number of amidine groups is 1. The maximum atomic E-state index is 13.4. The van der Waals surface area contributed by atoms with Gasteiger partial charge in [-0.15, -0.1) is 0 Å². The highest BCUT2D eigenvalue weighted by atomic mass is 19.1. The Hall–Kier alpha value is -3.16. The van der Waals surface area contributed by atoms with Gasteiger partial charge in [-0.3, -0.25) is 9.98 Å². The summed E-state index contributed by atoms with van der Waals surface area (Å²) in [6.07, 6.45) is 2.61. The minimum absolute atomic E-state index is 0.180. The number of pyridine rings is 1. The normalized spacial score (nSPS) is 17.1. The first-order valence-corrected chi connectivity index (χ1v) is 9.46. The van der Waals surface area contributed by atoms with E-state index in [4.69, 9.17) is 4.74 Å². The number of piperidine rings is 1. The number of aliphatic imine (C=N–C) groups is 2. The van der Waals surface area contributed by atoms with Crippen LogP contribution < -0.4 is 4.74 Å². The molecule has 0 spiro atoms. The molecule has 1 amide bonds. The molecule has 2 aliphatic rings. The number of carbonyl (C=O) groups excluding carboxylic acids is 1. The smallest absolute Gasteiger partial charge is 0.409 e. The molecule has 2 aromatic rings. The van der Waals surface area contributed by atoms with E-state index in [1.54, 1.807) is 17.0 Å². The molecule has 150 valence electrons. The standard InChI is InChI=1S/C21H20F2N4O2/c1-13-2-3-18(11-24-13)29-21(28)27-6-4-14(5-7-27)19-12-25-20(26-19)15-8-16(22)10-17(23)9-15/h2-3,8-11,14H,4-7,12H2,1H3. The Morgan fingerprint density at radius 3 is 2.52 bits per heavy atom. The van der Waals surface area contributed by atoms with Crippen molar-refractivity contribution < 1.29 is 18.3 Å². The number of hydrogen-bond acceptors (Lipinski definition) is 5. The molecule has 0 N–H and O–H groups in total. The average Bonchev–Trinajstić information content (AvgIpc) is 3.19. The van der Waals surface area contributed by atoms with Gasteiger partial charge >= 0.3 is 6.09 Å². The Balaban J connectivity index is 1.34. The summed E-state index contributed by atoms with van der Waals surface area (Å²) in [6, 6.07) is 6.79. The Kier molecular flexibility index (Phi) is 5.33. The van der Waals surface area contributed by atoms with Crippen molar-refractivity contribution in [2.75, 3.05) is 19.6 Å². The summed E-state index contributed by atoms with van der Waals surface area (Å²) >= 11 is 0. The number of halogens is 2. The Morgan fingerprint density at radius 2 is 1.86 bits per heavy atom. The molecule has 4 rings (SSSR count). The summed E-state index contributed by atoms with van der Waals surface area (Å²) in [5.41, 5.74) is 2.08. The van der Waals surface area contributed by atoms with Crippen LogP contribution in [0.4, 0.5) is 13.6 Å². The number of nitrogens with zero attached hydrogens (tertiary/aromatic N) is 4. The van der Waals surface area contributed by atoms with E-state index in [-0.39, 0.29) is 5.92 Å². The largest absolute Gasteiger partial charge is 0.415 e. The highest BCUT2D eigenvalue weighted by molar-refractivity contribution is 6.12. The number of benzene rings is 1. The summed E-state index contributed by atoms with van der Waals surface area (Å²) in [5, 5.41) is 0. The van der Waals surface area contributed by atoms with Gasteiger partial charge in [-0.05, 0) is 44.0 Å². The third-order valence-electron chi connectivity index (χ3n) is 5.07. The van der Waals surface area contributed by atoms with Crippen molar-refractivity contribution in [3.63, 3.8) is 0 Å². The van der Waals surface area contributed by atoms with E-state index in [9.17, 15) is 13.6 Å². The molecule has 0 aliphatic carbocycles. The van der Waals surface area contributed by atoms with Crippen molar-refractivity contribution in [1.82, 2.24) is 9.88 Å². The van der Waals surface area contributed by atoms with Crippen molar-refractivity contribution >= 4 is 17.6 Å². The lowest BCUT2D eigenvalue weighted by atomic mass is 9.92. The highest BCUT2D eigenvalue weighted by Gasteiger charge is 2.29. The number of ether oxygens (including phenoxy) is 1. The first-order chi connectivity index (χ1) is 14.0. The molecule has 6 nitrogen and oxygen atoms in total. The lowest BCUT2D eigenvalue weighted by molar-refractivity contribution is 0.137. The van der Waals surface area contributed by atoms with E-state index < -0.39 is 17.7 Å². The van der Waals surface area contributed by atoms with Crippen LogP contribution in [0.5, 0.6) is 5.75 Å². The van der Waals surface area contributed by atoms with Gasteiger partial charge in [0.2, 0.25) is 0 Å². The molecule has 8 heteroatoms. The lowest BCUT2D eigenvalue weighted by Gasteiger charge is -2.31. The third kappa shape index (κ3) is 4.47. The van der Waals surface area contributed by atoms with E-state index in [2.05, 4.69) is 15.0 Å². The Bertz CT molecular complexity index is 960. The van der Waals surface area contributed by atoms with Crippen molar-refractivity contribution in [3.8, 4) is 5.75 Å². The molecule has 0 saturated carbocycles. The van der Waals surface area contributed by atoms with Gasteiger partial charge in [0, 0.05) is 42.0 Å². The van der Waals surface area contributed by atoms with E-state index in [0.717, 1.165) is 30.3 Å². The fourth-order valence-corrected chi connectivity index (χ4v) is 3.50. The van der Waals surface area contributed by atoms with Crippen LogP contribution >= 0.6 is 0 Å². The van der Waals surface area contributed by atoms with Crippen LogP contribution in [0.3, 0.4) is 0 Å². The number of rotatable bonds is 3. The van der Waals surface area contributed by atoms with Crippen LogP contribution in [0.15, 0.2) is 46.5 Å². The summed E-state index contributed by atoms with van der Waals surface area (Å²) in [6.45, 7) is 3.37. The first-order valence-electron chi connectivity index (χ1n) is 9.46. The summed E-state index contributed by atoms with van der Waals surface area (Å²) in [4.78, 5) is 26.9. The summed E-state index contributed by atoms with van der Waals surface area (Å²) in [7, 11) is 0. The molecule has 0 unspecified atom stereocenters. The molecule has 0 bridgehead atoms. The molecular weight excluding hydrogens is 378 g/mol.